The van der Waals surface area contributed by atoms with Gasteiger partial charge in [-0.15, -0.1) is 0 Å². The molecule has 0 amide bonds. The van der Waals surface area contributed by atoms with Crippen molar-refractivity contribution in [2.45, 2.75) is 0 Å². The van der Waals surface area contributed by atoms with Crippen LogP contribution in [0.25, 0.3) is 0 Å². The zero-order valence-corrected chi connectivity index (χ0v) is 8.80. The third kappa shape index (κ3) is 10.2. The molecule has 0 aromatic rings. The normalized spacial score (nSPS) is 1.75. The Labute approximate surface area is 83.8 Å². The largest absolute Gasteiger partial charge is 0.337 e. The Morgan fingerprint density at radius 2 is 1.75 bits per heavy atom. The number of nitriles is 1. The monoisotopic (exact) mass is 175 g/mol. The maximum absolute atomic E-state index is 7.10. The van der Waals surface area contributed by atoms with Crippen LogP contribution < -0.4 is 5.73 Å². The predicted octanol–water partition coefficient (Wildman–Crippen LogP) is -0.955. The van der Waals surface area contributed by atoms with Crippen LogP contribution in [-0.2, 0) is 0 Å². The number of rotatable bonds is 0. The molecule has 0 heterocycles. The van der Waals surface area contributed by atoms with Crippen LogP contribution in [-0.4, -0.2) is 68.9 Å². The Morgan fingerprint density at radius 1 is 1.75 bits per heavy atom. The van der Waals surface area contributed by atoms with Crippen molar-refractivity contribution in [3.8, 4) is 6.19 Å². The molecule has 2 nitrogen and oxygen atoms in total. The van der Waals surface area contributed by atoms with Gasteiger partial charge in [0.1, 0.15) is 0 Å². The molecule has 0 aliphatic heterocycles. The van der Waals surface area contributed by atoms with Gasteiger partial charge in [0.2, 0.25) is 0 Å². The van der Waals surface area contributed by atoms with Gasteiger partial charge in [0.25, 0.3) is 0 Å². The fourth-order valence-electron chi connectivity index (χ4n) is 0. The molecule has 0 unspecified atom stereocenters. The second kappa shape index (κ2) is 8.84. The van der Waals surface area contributed by atoms with Crippen LogP contribution in [0.1, 0.15) is 0 Å². The van der Waals surface area contributed by atoms with Crippen molar-refractivity contribution >= 4 is 68.9 Å². The molecule has 0 saturated carbocycles. The zero-order valence-electron chi connectivity index (χ0n) is 2.52. The van der Waals surface area contributed by atoms with E-state index in [0.717, 1.165) is 0 Å². The van der Waals surface area contributed by atoms with E-state index in [1.54, 1.807) is 0 Å². The van der Waals surface area contributed by atoms with E-state index in [0.29, 0.717) is 0 Å². The number of hydrogen-bond acceptors (Lipinski definition) is 2. The molecule has 0 aliphatic carbocycles. The van der Waals surface area contributed by atoms with Crippen molar-refractivity contribution in [3.05, 3.63) is 0 Å². The molecule has 4 heavy (non-hydrogen) atoms. The maximum atomic E-state index is 7.10. The summed E-state index contributed by atoms with van der Waals surface area (Å²) in [6.07, 6.45) is 1.25. The van der Waals surface area contributed by atoms with Crippen molar-refractivity contribution in [1.29, 1.82) is 5.26 Å². The Morgan fingerprint density at radius 3 is 1.75 bits per heavy atom. The fourth-order valence-corrected chi connectivity index (χ4v) is 0. The van der Waals surface area contributed by atoms with Crippen molar-refractivity contribution in [3.63, 3.8) is 0 Å². The van der Waals surface area contributed by atoms with E-state index < -0.39 is 0 Å². The van der Waals surface area contributed by atoms with Crippen molar-refractivity contribution < 1.29 is 0 Å². The van der Waals surface area contributed by atoms with Crippen LogP contribution in [0, 0.1) is 11.5 Å². The van der Waals surface area contributed by atoms with Crippen LogP contribution in [0.15, 0.2) is 0 Å². The van der Waals surface area contributed by atoms with Crippen LogP contribution in [0.5, 0.6) is 0 Å². The number of nitrogens with zero attached hydrogens (tertiary/aromatic N) is 1. The second-order valence-electron chi connectivity index (χ2n) is 0.129. The standard InChI is InChI=1S/CH2N2.Cs/c2-1-3;/h2H2;. The molecule has 0 aliphatic rings. The summed E-state index contributed by atoms with van der Waals surface area (Å²) in [6.45, 7) is 0. The summed E-state index contributed by atoms with van der Waals surface area (Å²) in [6, 6.07) is 0. The van der Waals surface area contributed by atoms with Gasteiger partial charge in [-0.3, -0.25) is 0 Å². The molecule has 0 spiro atoms. The van der Waals surface area contributed by atoms with Crippen molar-refractivity contribution in [2.24, 2.45) is 5.73 Å². The predicted molar refractivity (Wildman–Crippen MR) is 15.6 cm³/mol. The summed E-state index contributed by atoms with van der Waals surface area (Å²) in [5.74, 6) is 0. The first-order chi connectivity index (χ1) is 1.41. The first-order valence-electron chi connectivity index (χ1n) is 0.512. The minimum absolute atomic E-state index is 0. The van der Waals surface area contributed by atoms with Crippen LogP contribution in [0.2, 0.25) is 0 Å². The summed E-state index contributed by atoms with van der Waals surface area (Å²) < 4.78 is 0. The third-order valence-electron chi connectivity index (χ3n) is 0. The SMILES string of the molecule is N#CN.[Cs]. The van der Waals surface area contributed by atoms with E-state index in [2.05, 4.69) is 5.73 Å². The van der Waals surface area contributed by atoms with Gasteiger partial charge < -0.3 is 5.73 Å². The van der Waals surface area contributed by atoms with Gasteiger partial charge >= 0.3 is 0 Å². The molecule has 0 fully saturated rings. The summed E-state index contributed by atoms with van der Waals surface area (Å²) in [4.78, 5) is 0. The maximum Gasteiger partial charge on any atom is 0.173 e. The van der Waals surface area contributed by atoms with Gasteiger partial charge in [-0.05, 0) is 0 Å². The van der Waals surface area contributed by atoms with Gasteiger partial charge in [-0.1, -0.05) is 0 Å². The molecule has 17 valence electrons. The van der Waals surface area contributed by atoms with E-state index >= 15 is 0 Å². The summed E-state index contributed by atoms with van der Waals surface area (Å²) >= 11 is 0. The Bertz CT molecular complexity index is 27.5. The van der Waals surface area contributed by atoms with Crippen LogP contribution in [0.4, 0.5) is 0 Å². The van der Waals surface area contributed by atoms with Gasteiger partial charge in [0, 0.05) is 68.9 Å². The number of nitrogens with two attached hydrogens (primary N) is 1. The molecular formula is CH2CsN2. The molecule has 0 saturated heterocycles. The van der Waals surface area contributed by atoms with E-state index in [1.165, 1.54) is 6.19 Å². The Balaban J connectivity index is 0. The van der Waals surface area contributed by atoms with Gasteiger partial charge in [-0.25, -0.2) is 0 Å². The van der Waals surface area contributed by atoms with Crippen LogP contribution in [0.3, 0.4) is 0 Å². The van der Waals surface area contributed by atoms with E-state index in [-0.39, 0.29) is 68.9 Å². The van der Waals surface area contributed by atoms with Crippen molar-refractivity contribution in [1.82, 2.24) is 0 Å². The Hall–Kier alpha value is 1.34. The number of hydrogen-bond donors (Lipinski definition) is 1. The zero-order chi connectivity index (χ0) is 2.71. The summed E-state index contributed by atoms with van der Waals surface area (Å²) in [7, 11) is 0. The summed E-state index contributed by atoms with van der Waals surface area (Å²) in [5.41, 5.74) is 4.15. The van der Waals surface area contributed by atoms with E-state index in [4.69, 9.17) is 5.26 Å². The molecule has 2 N–H and O–H groups in total. The first kappa shape index (κ1) is 9.02. The molecule has 0 aromatic heterocycles. The van der Waals surface area contributed by atoms with E-state index in [9.17, 15) is 0 Å². The molecule has 0 aromatic carbocycles. The Kier molecular flexibility index (Phi) is 19.9. The molecule has 0 atom stereocenters. The van der Waals surface area contributed by atoms with Gasteiger partial charge in [0.15, 0.2) is 6.19 Å². The molecular weight excluding hydrogens is 173 g/mol. The topological polar surface area (TPSA) is 49.8 Å². The molecule has 0 rings (SSSR count). The molecule has 0 bridgehead atoms. The summed E-state index contributed by atoms with van der Waals surface area (Å²) in [5, 5.41) is 7.10. The van der Waals surface area contributed by atoms with Crippen molar-refractivity contribution in [2.75, 3.05) is 0 Å². The van der Waals surface area contributed by atoms with Gasteiger partial charge in [-0.2, -0.15) is 5.26 Å². The fraction of sp³-hybridized carbons (Fsp3) is 0. The third-order valence-corrected chi connectivity index (χ3v) is 0. The van der Waals surface area contributed by atoms with E-state index in [1.807, 2.05) is 0 Å². The molecule has 1 radical (unpaired) electrons. The minimum Gasteiger partial charge on any atom is -0.337 e. The minimum atomic E-state index is 0. The second-order valence-corrected chi connectivity index (χ2v) is 0.129. The average molecular weight is 175 g/mol. The van der Waals surface area contributed by atoms with Gasteiger partial charge in [0.05, 0.1) is 0 Å². The van der Waals surface area contributed by atoms with Crippen LogP contribution >= 0.6 is 0 Å². The smallest absolute Gasteiger partial charge is 0.173 e. The average Bonchev–Trinajstić information content (AvgIpc) is 0.918. The quantitative estimate of drug-likeness (QED) is 0.381. The first-order valence-corrected chi connectivity index (χ1v) is 0.512. The molecule has 3 heteroatoms.